The highest BCUT2D eigenvalue weighted by Gasteiger charge is 2.05. The largest absolute Gasteiger partial charge is 0.294 e. The Balaban J connectivity index is 2.33. The van der Waals surface area contributed by atoms with E-state index in [2.05, 4.69) is 5.92 Å². The summed E-state index contributed by atoms with van der Waals surface area (Å²) in [5.41, 5.74) is 0.744. The van der Waals surface area contributed by atoms with Gasteiger partial charge in [-0.25, -0.2) is 0 Å². The van der Waals surface area contributed by atoms with E-state index in [-0.39, 0.29) is 5.78 Å². The molecule has 2 aromatic carbocycles. The third-order valence-electron chi connectivity index (χ3n) is 2.57. The zero-order valence-corrected chi connectivity index (χ0v) is 8.94. The lowest BCUT2D eigenvalue weighted by Crippen LogP contribution is -1.97. The van der Waals surface area contributed by atoms with Crippen LogP contribution >= 0.6 is 0 Å². The summed E-state index contributed by atoms with van der Waals surface area (Å²) in [7, 11) is 0. The molecule has 0 saturated heterocycles. The number of fused-ring (bicyclic) bond motifs is 1. The van der Waals surface area contributed by atoms with Crippen LogP contribution in [0.15, 0.2) is 42.5 Å². The van der Waals surface area contributed by atoms with Gasteiger partial charge in [0.25, 0.3) is 0 Å². The highest BCUT2D eigenvalue weighted by molar-refractivity contribution is 6.00. The third-order valence-corrected chi connectivity index (χ3v) is 2.57. The van der Waals surface area contributed by atoms with Gasteiger partial charge in [-0.3, -0.25) is 4.79 Å². The molecule has 16 heavy (non-hydrogen) atoms. The number of rotatable bonds is 3. The summed E-state index contributed by atoms with van der Waals surface area (Å²) >= 11 is 0. The standard InChI is InChI=1S/C15H12O/c1-2-3-8-15(16)14-10-9-12-6-4-5-7-13(12)11-14/h1,4-7,9-11H,3,8H2. The van der Waals surface area contributed by atoms with Crippen LogP contribution < -0.4 is 0 Å². The molecule has 0 aromatic heterocycles. The van der Waals surface area contributed by atoms with Crippen molar-refractivity contribution in [3.05, 3.63) is 48.0 Å². The average Bonchev–Trinajstić information content (AvgIpc) is 2.35. The third kappa shape index (κ3) is 2.12. The first-order valence-corrected chi connectivity index (χ1v) is 5.27. The Morgan fingerprint density at radius 1 is 1.12 bits per heavy atom. The SMILES string of the molecule is C#CCCC(=O)c1ccc2ccccc2c1. The van der Waals surface area contributed by atoms with Gasteiger partial charge in [0, 0.05) is 18.4 Å². The predicted octanol–water partition coefficient (Wildman–Crippen LogP) is 3.44. The highest BCUT2D eigenvalue weighted by atomic mass is 16.1. The van der Waals surface area contributed by atoms with Gasteiger partial charge >= 0.3 is 0 Å². The molecule has 0 amide bonds. The van der Waals surface area contributed by atoms with Crippen molar-refractivity contribution in [2.45, 2.75) is 12.8 Å². The lowest BCUT2D eigenvalue weighted by atomic mass is 10.0. The van der Waals surface area contributed by atoms with Gasteiger partial charge in [0.15, 0.2) is 5.78 Å². The first-order valence-electron chi connectivity index (χ1n) is 5.27. The van der Waals surface area contributed by atoms with Crippen LogP contribution in [0.25, 0.3) is 10.8 Å². The number of hydrogen-bond donors (Lipinski definition) is 0. The Morgan fingerprint density at radius 2 is 1.88 bits per heavy atom. The van der Waals surface area contributed by atoms with Gasteiger partial charge in [0.05, 0.1) is 0 Å². The molecule has 0 aliphatic rings. The summed E-state index contributed by atoms with van der Waals surface area (Å²) in [4.78, 5) is 11.8. The van der Waals surface area contributed by atoms with Crippen LogP contribution in [0, 0.1) is 12.3 Å². The predicted molar refractivity (Wildman–Crippen MR) is 66.3 cm³/mol. The van der Waals surface area contributed by atoms with E-state index < -0.39 is 0 Å². The van der Waals surface area contributed by atoms with Crippen molar-refractivity contribution in [3.8, 4) is 12.3 Å². The molecule has 0 aliphatic carbocycles. The molecule has 2 rings (SSSR count). The normalized spacial score (nSPS) is 9.94. The minimum absolute atomic E-state index is 0.115. The number of ketones is 1. The van der Waals surface area contributed by atoms with Gasteiger partial charge in [-0.2, -0.15) is 0 Å². The number of hydrogen-bond acceptors (Lipinski definition) is 1. The molecule has 2 aromatic rings. The molecule has 0 fully saturated rings. The molecule has 0 saturated carbocycles. The van der Waals surface area contributed by atoms with Crippen molar-refractivity contribution in [2.75, 3.05) is 0 Å². The van der Waals surface area contributed by atoms with E-state index in [1.165, 1.54) is 0 Å². The maximum atomic E-state index is 11.8. The number of terminal acetylenes is 1. The summed E-state index contributed by atoms with van der Waals surface area (Å²) in [6.07, 6.45) is 6.07. The number of benzene rings is 2. The topological polar surface area (TPSA) is 17.1 Å². The Bertz CT molecular complexity index is 561. The number of Topliss-reactive ketones (excluding diaryl/α,β-unsaturated/α-hetero) is 1. The van der Waals surface area contributed by atoms with Crippen LogP contribution in [0.2, 0.25) is 0 Å². The van der Waals surface area contributed by atoms with Crippen LogP contribution in [0.5, 0.6) is 0 Å². The smallest absolute Gasteiger partial charge is 0.163 e. The van der Waals surface area contributed by atoms with E-state index in [1.807, 2.05) is 42.5 Å². The average molecular weight is 208 g/mol. The van der Waals surface area contributed by atoms with E-state index in [0.29, 0.717) is 12.8 Å². The summed E-state index contributed by atoms with van der Waals surface area (Å²) in [6, 6.07) is 13.8. The molecule has 0 radical (unpaired) electrons. The van der Waals surface area contributed by atoms with Gasteiger partial charge in [-0.05, 0) is 16.8 Å². The van der Waals surface area contributed by atoms with E-state index in [0.717, 1.165) is 16.3 Å². The van der Waals surface area contributed by atoms with Crippen molar-refractivity contribution in [3.63, 3.8) is 0 Å². The van der Waals surface area contributed by atoms with Crippen LogP contribution in [0.1, 0.15) is 23.2 Å². The van der Waals surface area contributed by atoms with Gasteiger partial charge in [0.1, 0.15) is 0 Å². The van der Waals surface area contributed by atoms with Crippen molar-refractivity contribution in [1.82, 2.24) is 0 Å². The maximum absolute atomic E-state index is 11.8. The first kappa shape index (κ1) is 10.4. The minimum Gasteiger partial charge on any atom is -0.294 e. The molecule has 0 heterocycles. The maximum Gasteiger partial charge on any atom is 0.163 e. The molecule has 0 N–H and O–H groups in total. The molecule has 0 atom stereocenters. The zero-order valence-electron chi connectivity index (χ0n) is 8.94. The van der Waals surface area contributed by atoms with Crippen molar-refractivity contribution in [2.24, 2.45) is 0 Å². The van der Waals surface area contributed by atoms with Gasteiger partial charge in [-0.1, -0.05) is 36.4 Å². The molecule has 0 bridgehead atoms. The highest BCUT2D eigenvalue weighted by Crippen LogP contribution is 2.16. The van der Waals surface area contributed by atoms with Crippen LogP contribution in [0.3, 0.4) is 0 Å². The van der Waals surface area contributed by atoms with Gasteiger partial charge in [0.2, 0.25) is 0 Å². The fourth-order valence-electron chi connectivity index (χ4n) is 1.69. The van der Waals surface area contributed by atoms with Crippen molar-refractivity contribution in [1.29, 1.82) is 0 Å². The van der Waals surface area contributed by atoms with Crippen LogP contribution in [-0.4, -0.2) is 5.78 Å². The second kappa shape index (κ2) is 4.63. The molecule has 1 nitrogen and oxygen atoms in total. The fourth-order valence-corrected chi connectivity index (χ4v) is 1.69. The van der Waals surface area contributed by atoms with E-state index in [4.69, 9.17) is 6.42 Å². The van der Waals surface area contributed by atoms with Gasteiger partial charge < -0.3 is 0 Å². The Morgan fingerprint density at radius 3 is 2.62 bits per heavy atom. The Hall–Kier alpha value is -2.07. The lowest BCUT2D eigenvalue weighted by Gasteiger charge is -2.01. The summed E-state index contributed by atoms with van der Waals surface area (Å²) in [5.74, 6) is 2.60. The fraction of sp³-hybridized carbons (Fsp3) is 0.133. The second-order valence-electron chi connectivity index (χ2n) is 3.69. The zero-order chi connectivity index (χ0) is 11.4. The summed E-state index contributed by atoms with van der Waals surface area (Å²) in [6.45, 7) is 0. The molecular formula is C15H12O. The summed E-state index contributed by atoms with van der Waals surface area (Å²) in [5, 5.41) is 2.24. The first-order chi connectivity index (χ1) is 7.81. The number of carbonyl (C=O) groups excluding carboxylic acids is 1. The van der Waals surface area contributed by atoms with E-state index in [1.54, 1.807) is 0 Å². The lowest BCUT2D eigenvalue weighted by molar-refractivity contribution is 0.0984. The molecular weight excluding hydrogens is 196 g/mol. The second-order valence-corrected chi connectivity index (χ2v) is 3.69. The van der Waals surface area contributed by atoms with Gasteiger partial charge in [-0.15, -0.1) is 12.3 Å². The monoisotopic (exact) mass is 208 g/mol. The molecule has 0 unspecified atom stereocenters. The molecule has 78 valence electrons. The van der Waals surface area contributed by atoms with Crippen molar-refractivity contribution >= 4 is 16.6 Å². The van der Waals surface area contributed by atoms with Crippen LogP contribution in [-0.2, 0) is 0 Å². The van der Waals surface area contributed by atoms with E-state index >= 15 is 0 Å². The molecule has 1 heteroatoms. The Kier molecular flexibility index (Phi) is 3.03. The number of carbonyl (C=O) groups is 1. The molecule has 0 aliphatic heterocycles. The Labute approximate surface area is 95.1 Å². The molecule has 0 spiro atoms. The van der Waals surface area contributed by atoms with E-state index in [9.17, 15) is 4.79 Å². The quantitative estimate of drug-likeness (QED) is 0.558. The van der Waals surface area contributed by atoms with Crippen molar-refractivity contribution < 1.29 is 4.79 Å². The minimum atomic E-state index is 0.115. The summed E-state index contributed by atoms with van der Waals surface area (Å²) < 4.78 is 0. The van der Waals surface area contributed by atoms with Crippen LogP contribution in [0.4, 0.5) is 0 Å².